The van der Waals surface area contributed by atoms with Crippen LogP contribution >= 0.6 is 11.6 Å². The Morgan fingerprint density at radius 2 is 1.97 bits per heavy atom. The van der Waals surface area contributed by atoms with Crippen molar-refractivity contribution >= 4 is 29.1 Å². The second-order valence-electron chi connectivity index (χ2n) is 8.47. The fourth-order valence-electron chi connectivity index (χ4n) is 4.39. The molecule has 2 heterocycles. The van der Waals surface area contributed by atoms with Crippen LogP contribution in [0.25, 0.3) is 5.76 Å². The molecule has 174 valence electrons. The maximum absolute atomic E-state index is 13.1. The Kier molecular flexibility index (Phi) is 7.05. The molecule has 2 fully saturated rings. The van der Waals surface area contributed by atoms with E-state index in [1.54, 1.807) is 42.5 Å². The molecule has 4 rings (SSSR count). The number of rotatable bonds is 7. The van der Waals surface area contributed by atoms with Crippen molar-refractivity contribution in [2.24, 2.45) is 0 Å². The highest BCUT2D eigenvalue weighted by Crippen LogP contribution is 2.40. The highest BCUT2D eigenvalue weighted by molar-refractivity contribution is 6.46. The summed E-state index contributed by atoms with van der Waals surface area (Å²) < 4.78 is 11.4. The number of likely N-dealkylation sites (tertiary alicyclic amines) is 1. The van der Waals surface area contributed by atoms with E-state index >= 15 is 0 Å². The molecule has 0 radical (unpaired) electrons. The van der Waals surface area contributed by atoms with Crippen LogP contribution in [0.3, 0.4) is 0 Å². The van der Waals surface area contributed by atoms with Crippen molar-refractivity contribution in [1.82, 2.24) is 4.90 Å². The summed E-state index contributed by atoms with van der Waals surface area (Å²) >= 11 is 6.07. The molecule has 2 saturated heterocycles. The quantitative estimate of drug-likeness (QED) is 0.349. The van der Waals surface area contributed by atoms with Crippen LogP contribution in [0.5, 0.6) is 5.75 Å². The van der Waals surface area contributed by atoms with Crippen molar-refractivity contribution in [2.45, 2.75) is 45.3 Å². The van der Waals surface area contributed by atoms with Gasteiger partial charge in [0.15, 0.2) is 0 Å². The van der Waals surface area contributed by atoms with E-state index in [2.05, 4.69) is 0 Å². The summed E-state index contributed by atoms with van der Waals surface area (Å²) in [7, 11) is 0. The zero-order valence-electron chi connectivity index (χ0n) is 18.8. The number of aryl methyl sites for hydroxylation is 1. The summed E-state index contributed by atoms with van der Waals surface area (Å²) in [4.78, 5) is 27.7. The minimum Gasteiger partial charge on any atom is -0.507 e. The first-order valence-electron chi connectivity index (χ1n) is 11.3. The lowest BCUT2D eigenvalue weighted by molar-refractivity contribution is -0.140. The molecule has 0 saturated carbocycles. The molecule has 1 amide bonds. The van der Waals surface area contributed by atoms with Crippen LogP contribution in [0, 0.1) is 6.92 Å². The van der Waals surface area contributed by atoms with Gasteiger partial charge in [0, 0.05) is 23.7 Å². The van der Waals surface area contributed by atoms with Crippen LogP contribution in [0.4, 0.5) is 0 Å². The van der Waals surface area contributed by atoms with Gasteiger partial charge in [-0.3, -0.25) is 9.59 Å². The minimum atomic E-state index is -0.720. The predicted octanol–water partition coefficient (Wildman–Crippen LogP) is 5.04. The minimum absolute atomic E-state index is 0.0712. The highest BCUT2D eigenvalue weighted by atomic mass is 35.5. The SMILES string of the molecule is CCCOc1ccc(/C(O)=C2/C(=O)C(=O)N(CC3CCCO3)C2c2ccc(Cl)cc2)cc1C. The molecule has 2 atom stereocenters. The van der Waals surface area contributed by atoms with Gasteiger partial charge in [-0.15, -0.1) is 0 Å². The summed E-state index contributed by atoms with van der Waals surface area (Å²) in [6.07, 6.45) is 2.51. The lowest BCUT2D eigenvalue weighted by Gasteiger charge is -2.27. The molecule has 0 bridgehead atoms. The summed E-state index contributed by atoms with van der Waals surface area (Å²) in [6, 6.07) is 11.5. The molecule has 2 aliphatic heterocycles. The third-order valence-electron chi connectivity index (χ3n) is 6.06. The van der Waals surface area contributed by atoms with Gasteiger partial charge in [0.05, 0.1) is 24.3 Å². The Hall–Kier alpha value is -2.83. The number of carbonyl (C=O) groups excluding carboxylic acids is 2. The molecule has 7 heteroatoms. The predicted molar refractivity (Wildman–Crippen MR) is 126 cm³/mol. The van der Waals surface area contributed by atoms with Gasteiger partial charge in [-0.25, -0.2) is 0 Å². The van der Waals surface area contributed by atoms with E-state index in [1.165, 1.54) is 4.90 Å². The third-order valence-corrected chi connectivity index (χ3v) is 6.31. The Balaban J connectivity index is 1.77. The molecule has 33 heavy (non-hydrogen) atoms. The van der Waals surface area contributed by atoms with E-state index in [0.29, 0.717) is 29.4 Å². The van der Waals surface area contributed by atoms with Crippen LogP contribution in [-0.4, -0.2) is 47.6 Å². The van der Waals surface area contributed by atoms with E-state index in [0.717, 1.165) is 30.6 Å². The number of Topliss-reactive ketones (excluding diaryl/α,β-unsaturated/α-hetero) is 1. The first kappa shape index (κ1) is 23.3. The fourth-order valence-corrected chi connectivity index (χ4v) is 4.52. The Bertz CT molecular complexity index is 1070. The summed E-state index contributed by atoms with van der Waals surface area (Å²) in [5.41, 5.74) is 2.08. The topological polar surface area (TPSA) is 76.1 Å². The lowest BCUT2D eigenvalue weighted by Crippen LogP contribution is -2.36. The average Bonchev–Trinajstić information content (AvgIpc) is 3.41. The summed E-state index contributed by atoms with van der Waals surface area (Å²) in [6.45, 7) is 5.44. The first-order valence-corrected chi connectivity index (χ1v) is 11.7. The Labute approximate surface area is 198 Å². The molecule has 2 aromatic rings. The molecule has 2 aromatic carbocycles. The Morgan fingerprint density at radius 1 is 1.21 bits per heavy atom. The summed E-state index contributed by atoms with van der Waals surface area (Å²) in [5.74, 6) is -0.809. The number of amides is 1. The van der Waals surface area contributed by atoms with Gasteiger partial charge in [-0.1, -0.05) is 30.7 Å². The average molecular weight is 470 g/mol. The van der Waals surface area contributed by atoms with Crippen molar-refractivity contribution in [2.75, 3.05) is 19.8 Å². The zero-order valence-corrected chi connectivity index (χ0v) is 19.6. The van der Waals surface area contributed by atoms with Gasteiger partial charge in [-0.05, 0) is 67.6 Å². The number of nitrogens with zero attached hydrogens (tertiary/aromatic N) is 1. The molecule has 6 nitrogen and oxygen atoms in total. The maximum Gasteiger partial charge on any atom is 0.295 e. The fraction of sp³-hybridized carbons (Fsp3) is 0.385. The van der Waals surface area contributed by atoms with Crippen LogP contribution in [0.1, 0.15) is 48.9 Å². The molecule has 1 N–H and O–H groups in total. The van der Waals surface area contributed by atoms with Crippen molar-refractivity contribution in [3.8, 4) is 5.75 Å². The zero-order chi connectivity index (χ0) is 23.5. The number of aliphatic hydroxyl groups excluding tert-OH is 1. The number of hydrogen-bond donors (Lipinski definition) is 1. The number of aliphatic hydroxyl groups is 1. The number of benzene rings is 2. The highest BCUT2D eigenvalue weighted by Gasteiger charge is 2.47. The van der Waals surface area contributed by atoms with Crippen molar-refractivity contribution in [3.63, 3.8) is 0 Å². The first-order chi connectivity index (χ1) is 15.9. The van der Waals surface area contributed by atoms with Crippen LogP contribution in [0.2, 0.25) is 5.02 Å². The van der Waals surface area contributed by atoms with Gasteiger partial charge >= 0.3 is 0 Å². The normalized spacial score (nSPS) is 22.2. The second-order valence-corrected chi connectivity index (χ2v) is 8.90. The lowest BCUT2D eigenvalue weighted by atomic mass is 9.94. The molecule has 0 spiro atoms. The number of carbonyl (C=O) groups is 2. The van der Waals surface area contributed by atoms with Crippen molar-refractivity contribution in [1.29, 1.82) is 0 Å². The summed E-state index contributed by atoms with van der Waals surface area (Å²) in [5, 5.41) is 11.8. The Morgan fingerprint density at radius 3 is 2.61 bits per heavy atom. The number of ketones is 1. The van der Waals surface area contributed by atoms with Crippen molar-refractivity contribution < 1.29 is 24.2 Å². The van der Waals surface area contributed by atoms with Gasteiger partial charge in [0.2, 0.25) is 0 Å². The van der Waals surface area contributed by atoms with E-state index < -0.39 is 17.7 Å². The number of ether oxygens (including phenoxy) is 2. The smallest absolute Gasteiger partial charge is 0.295 e. The monoisotopic (exact) mass is 469 g/mol. The van der Waals surface area contributed by atoms with E-state index in [1.807, 2.05) is 13.8 Å². The third kappa shape index (κ3) is 4.77. The van der Waals surface area contributed by atoms with Crippen molar-refractivity contribution in [3.05, 3.63) is 69.8 Å². The molecule has 2 aliphatic rings. The largest absolute Gasteiger partial charge is 0.507 e. The molecular weight excluding hydrogens is 442 g/mol. The van der Waals surface area contributed by atoms with Crippen LogP contribution in [-0.2, 0) is 14.3 Å². The molecule has 0 aromatic heterocycles. The van der Waals surface area contributed by atoms with Crippen LogP contribution < -0.4 is 4.74 Å². The van der Waals surface area contributed by atoms with E-state index in [9.17, 15) is 14.7 Å². The maximum atomic E-state index is 13.1. The number of halogens is 1. The molecule has 2 unspecified atom stereocenters. The van der Waals surface area contributed by atoms with Gasteiger partial charge in [-0.2, -0.15) is 0 Å². The van der Waals surface area contributed by atoms with Gasteiger partial charge in [0.25, 0.3) is 11.7 Å². The van der Waals surface area contributed by atoms with E-state index in [4.69, 9.17) is 21.1 Å². The van der Waals surface area contributed by atoms with Gasteiger partial charge < -0.3 is 19.5 Å². The molecule has 0 aliphatic carbocycles. The van der Waals surface area contributed by atoms with E-state index in [-0.39, 0.29) is 24.0 Å². The standard InChI is InChI=1S/C26H28ClNO5/c1-3-12-33-21-11-8-18(14-16(21)2)24(29)22-23(17-6-9-19(27)10-7-17)28(26(31)25(22)30)15-20-5-4-13-32-20/h6-11,14,20,23,29H,3-5,12-13,15H2,1-2H3/b24-22-. The number of hydrogen-bond acceptors (Lipinski definition) is 5. The second kappa shape index (κ2) is 9.98. The van der Waals surface area contributed by atoms with Crippen LogP contribution in [0.15, 0.2) is 48.0 Å². The molecular formula is C26H28ClNO5. The van der Waals surface area contributed by atoms with Gasteiger partial charge in [0.1, 0.15) is 11.5 Å².